The first-order chi connectivity index (χ1) is 13.1. The zero-order valence-corrected chi connectivity index (χ0v) is 17.5. The van der Waals surface area contributed by atoms with Gasteiger partial charge in [0.15, 0.2) is 0 Å². The van der Waals surface area contributed by atoms with Gasteiger partial charge in [-0.2, -0.15) is 0 Å². The molecule has 0 aliphatic carbocycles. The maximum Gasteiger partial charge on any atom is 0.118 e. The molecule has 6 heteroatoms. The Morgan fingerprint density at radius 3 is 1.75 bits per heavy atom. The van der Waals surface area contributed by atoms with Crippen molar-refractivity contribution in [2.45, 2.75) is 6.42 Å². The summed E-state index contributed by atoms with van der Waals surface area (Å²) in [7, 11) is 7.45. The fourth-order valence-corrected chi connectivity index (χ4v) is 2.79. The molecular formula is C22H26ClN3O2. The van der Waals surface area contributed by atoms with E-state index in [1.54, 1.807) is 14.2 Å². The zero-order chi connectivity index (χ0) is 19.2. The number of aromatic nitrogens is 2. The summed E-state index contributed by atoms with van der Waals surface area (Å²) in [5.74, 6) is 1.64. The average Bonchev–Trinajstić information content (AvgIpc) is 2.72. The molecule has 0 bridgehead atoms. The number of hydrogen-bond donors (Lipinski definition) is 0. The van der Waals surface area contributed by atoms with Crippen molar-refractivity contribution in [1.82, 2.24) is 14.9 Å². The van der Waals surface area contributed by atoms with Crippen LogP contribution in [0.3, 0.4) is 0 Å². The molecule has 0 radical (unpaired) electrons. The minimum Gasteiger partial charge on any atom is -0.497 e. The molecule has 0 unspecified atom stereocenters. The fraction of sp³-hybridized carbons (Fsp3) is 0.273. The van der Waals surface area contributed by atoms with Crippen LogP contribution < -0.4 is 9.47 Å². The predicted molar refractivity (Wildman–Crippen MR) is 116 cm³/mol. The molecule has 3 rings (SSSR count). The number of nitrogens with zero attached hydrogens (tertiary/aromatic N) is 3. The van der Waals surface area contributed by atoms with Gasteiger partial charge in [-0.25, -0.2) is 4.98 Å². The van der Waals surface area contributed by atoms with Crippen LogP contribution in [0.1, 0.15) is 5.69 Å². The van der Waals surface area contributed by atoms with Gasteiger partial charge in [-0.15, -0.1) is 12.4 Å². The number of benzene rings is 2. The summed E-state index contributed by atoms with van der Waals surface area (Å²) in [5, 5.41) is 0. The van der Waals surface area contributed by atoms with Crippen molar-refractivity contribution < 1.29 is 9.47 Å². The monoisotopic (exact) mass is 399 g/mol. The Morgan fingerprint density at radius 1 is 0.786 bits per heavy atom. The molecule has 1 aromatic heterocycles. The van der Waals surface area contributed by atoms with E-state index in [0.29, 0.717) is 0 Å². The summed E-state index contributed by atoms with van der Waals surface area (Å²) in [4.78, 5) is 11.8. The number of halogens is 1. The van der Waals surface area contributed by atoms with Crippen molar-refractivity contribution >= 4 is 12.4 Å². The highest BCUT2D eigenvalue weighted by molar-refractivity contribution is 5.85. The largest absolute Gasteiger partial charge is 0.497 e. The second kappa shape index (κ2) is 10.1. The summed E-state index contributed by atoms with van der Waals surface area (Å²) >= 11 is 0. The summed E-state index contributed by atoms with van der Waals surface area (Å²) < 4.78 is 10.5. The lowest BCUT2D eigenvalue weighted by molar-refractivity contribution is 0.411. The van der Waals surface area contributed by atoms with Crippen LogP contribution in [0.2, 0.25) is 0 Å². The first kappa shape index (κ1) is 21.7. The topological polar surface area (TPSA) is 47.5 Å². The van der Waals surface area contributed by atoms with Crippen molar-refractivity contribution in [2.24, 2.45) is 0 Å². The molecule has 2 aromatic carbocycles. The highest BCUT2D eigenvalue weighted by Gasteiger charge is 2.13. The summed E-state index contributed by atoms with van der Waals surface area (Å²) in [6.45, 7) is 0.929. The van der Waals surface area contributed by atoms with Crippen LogP contribution in [0.5, 0.6) is 11.5 Å². The number of methoxy groups -OCH3 is 2. The van der Waals surface area contributed by atoms with Gasteiger partial charge in [0.2, 0.25) is 0 Å². The summed E-state index contributed by atoms with van der Waals surface area (Å²) in [6.07, 6.45) is 2.72. The van der Waals surface area contributed by atoms with Crippen molar-refractivity contribution in [2.75, 3.05) is 34.9 Å². The lowest BCUT2D eigenvalue weighted by Crippen LogP contribution is -2.16. The minimum absolute atomic E-state index is 0. The van der Waals surface area contributed by atoms with Gasteiger partial charge < -0.3 is 14.4 Å². The van der Waals surface area contributed by atoms with Crippen LogP contribution in [-0.4, -0.2) is 49.7 Å². The molecule has 0 atom stereocenters. The third kappa shape index (κ3) is 5.21. The first-order valence-corrected chi connectivity index (χ1v) is 8.90. The predicted octanol–water partition coefficient (Wildman–Crippen LogP) is 4.35. The molecule has 148 valence electrons. The molecule has 0 N–H and O–H groups in total. The Bertz CT molecular complexity index is 881. The highest BCUT2D eigenvalue weighted by Crippen LogP contribution is 2.31. The molecule has 5 nitrogen and oxygen atoms in total. The number of likely N-dealkylation sites (N-methyl/N-ethyl adjacent to an activating group) is 1. The average molecular weight is 400 g/mol. The van der Waals surface area contributed by atoms with Crippen molar-refractivity contribution in [1.29, 1.82) is 0 Å². The van der Waals surface area contributed by atoms with Gasteiger partial charge in [-0.05, 0) is 62.6 Å². The molecule has 3 aromatic rings. The van der Waals surface area contributed by atoms with E-state index >= 15 is 0 Å². The molecule has 0 saturated heterocycles. The lowest BCUT2D eigenvalue weighted by atomic mass is 10.0. The molecule has 0 saturated carbocycles. The molecule has 0 aliphatic heterocycles. The van der Waals surface area contributed by atoms with E-state index in [1.807, 2.05) is 54.7 Å². The van der Waals surface area contributed by atoms with E-state index in [0.717, 1.165) is 52.7 Å². The van der Waals surface area contributed by atoms with Crippen molar-refractivity contribution in [3.8, 4) is 34.0 Å². The van der Waals surface area contributed by atoms with Gasteiger partial charge >= 0.3 is 0 Å². The van der Waals surface area contributed by atoms with Gasteiger partial charge in [0.25, 0.3) is 0 Å². The molecule has 28 heavy (non-hydrogen) atoms. The van der Waals surface area contributed by atoms with E-state index in [4.69, 9.17) is 19.4 Å². The summed E-state index contributed by atoms with van der Waals surface area (Å²) in [6, 6.07) is 15.8. The second-order valence-corrected chi connectivity index (χ2v) is 6.57. The van der Waals surface area contributed by atoms with Gasteiger partial charge in [0.05, 0.1) is 31.3 Å². The Labute approximate surface area is 172 Å². The minimum atomic E-state index is 0. The van der Waals surface area contributed by atoms with E-state index in [-0.39, 0.29) is 12.4 Å². The van der Waals surface area contributed by atoms with Crippen molar-refractivity contribution in [3.05, 3.63) is 60.4 Å². The number of ether oxygens (including phenoxy) is 2. The van der Waals surface area contributed by atoms with Gasteiger partial charge in [-0.3, -0.25) is 4.98 Å². The molecule has 0 fully saturated rings. The molecular weight excluding hydrogens is 374 g/mol. The van der Waals surface area contributed by atoms with E-state index < -0.39 is 0 Å². The maximum absolute atomic E-state index is 5.28. The van der Waals surface area contributed by atoms with E-state index in [2.05, 4.69) is 19.0 Å². The molecule has 0 spiro atoms. The highest BCUT2D eigenvalue weighted by atomic mass is 35.5. The van der Waals surface area contributed by atoms with Crippen LogP contribution in [0.15, 0.2) is 54.7 Å². The maximum atomic E-state index is 5.28. The third-order valence-corrected chi connectivity index (χ3v) is 4.36. The standard InChI is InChI=1S/C22H25N3O2.ClH/c1-25(2)14-13-18-15-23-21(16-5-9-19(26-3)10-6-16)22(24-18)17-7-11-20(27-4)12-8-17;/h5-12,15H,13-14H2,1-4H3;1H. The van der Waals surface area contributed by atoms with Crippen LogP contribution in [0.25, 0.3) is 22.5 Å². The molecule has 1 heterocycles. The third-order valence-electron chi connectivity index (χ3n) is 4.36. The number of rotatable bonds is 7. The Hall–Kier alpha value is -2.63. The molecule has 0 amide bonds. The first-order valence-electron chi connectivity index (χ1n) is 8.90. The summed E-state index contributed by atoms with van der Waals surface area (Å²) in [5.41, 5.74) is 4.73. The smallest absolute Gasteiger partial charge is 0.118 e. The zero-order valence-electron chi connectivity index (χ0n) is 16.7. The van der Waals surface area contributed by atoms with Crippen LogP contribution in [0, 0.1) is 0 Å². The van der Waals surface area contributed by atoms with E-state index in [1.165, 1.54) is 0 Å². The van der Waals surface area contributed by atoms with E-state index in [9.17, 15) is 0 Å². The quantitative estimate of drug-likeness (QED) is 0.591. The fourth-order valence-electron chi connectivity index (χ4n) is 2.79. The van der Waals surface area contributed by atoms with Gasteiger partial charge in [0.1, 0.15) is 11.5 Å². The van der Waals surface area contributed by atoms with Crippen LogP contribution >= 0.6 is 12.4 Å². The lowest BCUT2D eigenvalue weighted by Gasteiger charge is -2.13. The molecule has 0 aliphatic rings. The van der Waals surface area contributed by atoms with Gasteiger partial charge in [0, 0.05) is 30.3 Å². The second-order valence-electron chi connectivity index (χ2n) is 6.57. The number of hydrogen-bond acceptors (Lipinski definition) is 5. The van der Waals surface area contributed by atoms with Crippen LogP contribution in [-0.2, 0) is 6.42 Å². The Morgan fingerprint density at radius 2 is 1.29 bits per heavy atom. The normalized spacial score (nSPS) is 10.5. The Balaban J connectivity index is 0.00000280. The van der Waals surface area contributed by atoms with Crippen molar-refractivity contribution in [3.63, 3.8) is 0 Å². The van der Waals surface area contributed by atoms with Gasteiger partial charge in [-0.1, -0.05) is 0 Å². The SMILES string of the molecule is COc1ccc(-c2ncc(CCN(C)C)nc2-c2ccc(OC)cc2)cc1.Cl. The Kier molecular flexibility index (Phi) is 7.79. The van der Waals surface area contributed by atoms with Crippen LogP contribution in [0.4, 0.5) is 0 Å².